The van der Waals surface area contributed by atoms with Gasteiger partial charge in [0.25, 0.3) is 0 Å². The highest BCUT2D eigenvalue weighted by molar-refractivity contribution is 5.76. The molecule has 3 nitrogen and oxygen atoms in total. The predicted octanol–water partition coefficient (Wildman–Crippen LogP) is 3.95. The van der Waals surface area contributed by atoms with Crippen LogP contribution in [0.3, 0.4) is 0 Å². The van der Waals surface area contributed by atoms with Gasteiger partial charge >= 0.3 is 0 Å². The zero-order chi connectivity index (χ0) is 14.0. The quantitative estimate of drug-likeness (QED) is 0.817. The van der Waals surface area contributed by atoms with E-state index in [9.17, 15) is 0 Å². The van der Waals surface area contributed by atoms with Crippen molar-refractivity contribution >= 4 is 17.1 Å². The summed E-state index contributed by atoms with van der Waals surface area (Å²) in [4.78, 5) is 0. The summed E-state index contributed by atoms with van der Waals surface area (Å²) < 4.78 is 5.36. The van der Waals surface area contributed by atoms with Crippen LogP contribution in [0.4, 0.5) is 17.1 Å². The number of nitrogen functional groups attached to an aromatic ring is 1. The van der Waals surface area contributed by atoms with E-state index < -0.39 is 0 Å². The van der Waals surface area contributed by atoms with Crippen LogP contribution in [0, 0.1) is 20.8 Å². The molecule has 0 heterocycles. The first kappa shape index (κ1) is 13.3. The maximum atomic E-state index is 6.06. The van der Waals surface area contributed by atoms with E-state index >= 15 is 0 Å². The van der Waals surface area contributed by atoms with Crippen molar-refractivity contribution in [2.75, 3.05) is 18.2 Å². The smallest absolute Gasteiger partial charge is 0.142 e. The predicted molar refractivity (Wildman–Crippen MR) is 81.3 cm³/mol. The summed E-state index contributed by atoms with van der Waals surface area (Å²) in [5, 5.41) is 3.35. The zero-order valence-electron chi connectivity index (χ0n) is 11.9. The van der Waals surface area contributed by atoms with Gasteiger partial charge in [-0.1, -0.05) is 6.07 Å². The minimum Gasteiger partial charge on any atom is -0.495 e. The van der Waals surface area contributed by atoms with Gasteiger partial charge in [-0.3, -0.25) is 0 Å². The number of rotatable bonds is 3. The number of hydrogen-bond donors (Lipinski definition) is 2. The Balaban J connectivity index is 2.41. The van der Waals surface area contributed by atoms with Crippen LogP contribution in [0.1, 0.15) is 16.7 Å². The third-order valence-corrected chi connectivity index (χ3v) is 3.29. The van der Waals surface area contributed by atoms with Crippen molar-refractivity contribution in [2.45, 2.75) is 20.8 Å². The van der Waals surface area contributed by atoms with E-state index in [1.165, 1.54) is 16.7 Å². The van der Waals surface area contributed by atoms with Crippen molar-refractivity contribution in [1.82, 2.24) is 0 Å². The fourth-order valence-corrected chi connectivity index (χ4v) is 2.01. The molecule has 3 heteroatoms. The van der Waals surface area contributed by atoms with E-state index in [1.807, 2.05) is 31.2 Å². The summed E-state index contributed by atoms with van der Waals surface area (Å²) >= 11 is 0. The molecule has 0 aliphatic rings. The van der Waals surface area contributed by atoms with Gasteiger partial charge < -0.3 is 15.8 Å². The molecular weight excluding hydrogens is 236 g/mol. The fraction of sp³-hybridized carbons (Fsp3) is 0.250. The number of methoxy groups -OCH3 is 1. The second kappa shape index (κ2) is 5.22. The van der Waals surface area contributed by atoms with Crippen molar-refractivity contribution in [3.05, 3.63) is 47.0 Å². The second-order valence-electron chi connectivity index (χ2n) is 4.85. The van der Waals surface area contributed by atoms with E-state index in [2.05, 4.69) is 25.2 Å². The molecule has 0 spiro atoms. The molecule has 19 heavy (non-hydrogen) atoms. The third-order valence-electron chi connectivity index (χ3n) is 3.29. The van der Waals surface area contributed by atoms with Crippen molar-refractivity contribution in [1.29, 1.82) is 0 Å². The number of aryl methyl sites for hydroxylation is 3. The molecule has 2 rings (SSSR count). The minimum atomic E-state index is 0.742. The Bertz CT molecular complexity index is 606. The first-order valence-corrected chi connectivity index (χ1v) is 6.29. The molecule has 0 saturated heterocycles. The normalized spacial score (nSPS) is 10.3. The van der Waals surface area contributed by atoms with Gasteiger partial charge in [0.05, 0.1) is 24.2 Å². The van der Waals surface area contributed by atoms with Gasteiger partial charge in [0.2, 0.25) is 0 Å². The Morgan fingerprint density at radius 2 is 1.63 bits per heavy atom. The molecule has 0 aliphatic heterocycles. The highest BCUT2D eigenvalue weighted by Crippen LogP contribution is 2.32. The van der Waals surface area contributed by atoms with Crippen LogP contribution in [-0.2, 0) is 0 Å². The first-order valence-electron chi connectivity index (χ1n) is 6.29. The summed E-state index contributed by atoms with van der Waals surface area (Å²) in [5.41, 5.74) is 12.2. The minimum absolute atomic E-state index is 0.742. The van der Waals surface area contributed by atoms with Crippen molar-refractivity contribution in [3.63, 3.8) is 0 Å². The van der Waals surface area contributed by atoms with Crippen LogP contribution in [0.5, 0.6) is 5.75 Å². The topological polar surface area (TPSA) is 47.3 Å². The lowest BCUT2D eigenvalue weighted by Crippen LogP contribution is -2.00. The molecule has 0 fully saturated rings. The van der Waals surface area contributed by atoms with Gasteiger partial charge in [0.1, 0.15) is 5.75 Å². The standard InChI is InChI=1S/C16H20N2O/c1-10-5-6-16(19-4)15(7-10)18-14-9-12(3)11(2)8-13(14)17/h5-9,18H,17H2,1-4H3. The lowest BCUT2D eigenvalue weighted by molar-refractivity contribution is 0.416. The molecule has 0 atom stereocenters. The molecule has 0 aromatic heterocycles. The Kier molecular flexibility index (Phi) is 3.65. The van der Waals surface area contributed by atoms with Gasteiger partial charge in [0, 0.05) is 0 Å². The SMILES string of the molecule is COc1ccc(C)cc1Nc1cc(C)c(C)cc1N. The Labute approximate surface area is 114 Å². The maximum absolute atomic E-state index is 6.06. The largest absolute Gasteiger partial charge is 0.495 e. The van der Waals surface area contributed by atoms with Crippen LogP contribution < -0.4 is 15.8 Å². The monoisotopic (exact) mass is 256 g/mol. The number of hydrogen-bond acceptors (Lipinski definition) is 3. The van der Waals surface area contributed by atoms with Gasteiger partial charge in [0.15, 0.2) is 0 Å². The molecule has 3 N–H and O–H groups in total. The first-order chi connectivity index (χ1) is 9.01. The van der Waals surface area contributed by atoms with Crippen molar-refractivity contribution < 1.29 is 4.74 Å². The van der Waals surface area contributed by atoms with Gasteiger partial charge in [-0.15, -0.1) is 0 Å². The molecule has 100 valence electrons. The van der Waals surface area contributed by atoms with E-state index in [1.54, 1.807) is 7.11 Å². The number of nitrogens with one attached hydrogen (secondary N) is 1. The van der Waals surface area contributed by atoms with E-state index in [0.717, 1.165) is 22.8 Å². The third kappa shape index (κ3) is 2.81. The fourth-order valence-electron chi connectivity index (χ4n) is 2.01. The number of ether oxygens (including phenoxy) is 1. The van der Waals surface area contributed by atoms with E-state index in [0.29, 0.717) is 0 Å². The average molecular weight is 256 g/mol. The average Bonchev–Trinajstić information content (AvgIpc) is 2.36. The van der Waals surface area contributed by atoms with Crippen LogP contribution in [0.2, 0.25) is 0 Å². The Hall–Kier alpha value is -2.16. The molecule has 0 aliphatic carbocycles. The zero-order valence-corrected chi connectivity index (χ0v) is 11.9. The van der Waals surface area contributed by atoms with Crippen molar-refractivity contribution in [3.8, 4) is 5.75 Å². The second-order valence-corrected chi connectivity index (χ2v) is 4.85. The molecule has 2 aromatic rings. The summed E-state index contributed by atoms with van der Waals surface area (Å²) in [7, 11) is 1.67. The van der Waals surface area contributed by atoms with Crippen LogP contribution in [0.15, 0.2) is 30.3 Å². The van der Waals surface area contributed by atoms with Crippen LogP contribution >= 0.6 is 0 Å². The van der Waals surface area contributed by atoms with Gasteiger partial charge in [-0.05, 0) is 61.7 Å². The highest BCUT2D eigenvalue weighted by Gasteiger charge is 2.07. The van der Waals surface area contributed by atoms with E-state index in [-0.39, 0.29) is 0 Å². The van der Waals surface area contributed by atoms with Crippen LogP contribution in [0.25, 0.3) is 0 Å². The highest BCUT2D eigenvalue weighted by atomic mass is 16.5. The number of nitrogens with two attached hydrogens (primary N) is 1. The summed E-state index contributed by atoms with van der Waals surface area (Å²) in [6.45, 7) is 6.19. The molecule has 0 amide bonds. The molecule has 0 bridgehead atoms. The maximum Gasteiger partial charge on any atom is 0.142 e. The molecule has 0 radical (unpaired) electrons. The molecule has 0 unspecified atom stereocenters. The van der Waals surface area contributed by atoms with Crippen molar-refractivity contribution in [2.24, 2.45) is 0 Å². The molecule has 0 saturated carbocycles. The van der Waals surface area contributed by atoms with Gasteiger partial charge in [-0.25, -0.2) is 0 Å². The Morgan fingerprint density at radius 1 is 0.947 bits per heavy atom. The summed E-state index contributed by atoms with van der Waals surface area (Å²) in [6, 6.07) is 10.1. The summed E-state index contributed by atoms with van der Waals surface area (Å²) in [5.74, 6) is 0.809. The van der Waals surface area contributed by atoms with Gasteiger partial charge in [-0.2, -0.15) is 0 Å². The molecular formula is C16H20N2O. The number of benzene rings is 2. The lowest BCUT2D eigenvalue weighted by atomic mass is 10.1. The summed E-state index contributed by atoms with van der Waals surface area (Å²) in [6.07, 6.45) is 0. The Morgan fingerprint density at radius 3 is 2.32 bits per heavy atom. The van der Waals surface area contributed by atoms with E-state index in [4.69, 9.17) is 10.5 Å². The van der Waals surface area contributed by atoms with Crippen LogP contribution in [-0.4, -0.2) is 7.11 Å². The number of anilines is 3. The molecule has 2 aromatic carbocycles. The lowest BCUT2D eigenvalue weighted by Gasteiger charge is -2.15.